The van der Waals surface area contributed by atoms with Crippen LogP contribution in [0.1, 0.15) is 15.9 Å². The van der Waals surface area contributed by atoms with E-state index in [-0.39, 0.29) is 5.56 Å². The predicted octanol–water partition coefficient (Wildman–Crippen LogP) is 3.54. The molecular weight excluding hydrogens is 299 g/mol. The van der Waals surface area contributed by atoms with Crippen molar-refractivity contribution in [3.8, 4) is 0 Å². The van der Waals surface area contributed by atoms with E-state index < -0.39 is 11.7 Å². The smallest absolute Gasteiger partial charge is 0.256 e. The van der Waals surface area contributed by atoms with E-state index in [9.17, 15) is 9.18 Å². The molecule has 5 heteroatoms. The molecule has 1 N–H and O–H groups in total. The lowest BCUT2D eigenvalue weighted by atomic mass is 10.2. The van der Waals surface area contributed by atoms with Crippen molar-refractivity contribution < 1.29 is 9.18 Å². The Hall–Kier alpha value is -1.75. The minimum absolute atomic E-state index is 0.248. The fraction of sp³-hybridized carbons (Fsp3) is 0.0769. The first kappa shape index (κ1) is 12.7. The number of anilines is 1. The lowest BCUT2D eigenvalue weighted by molar-refractivity contribution is 0.102. The summed E-state index contributed by atoms with van der Waals surface area (Å²) >= 11 is 3.03. The molecule has 0 aliphatic rings. The summed E-state index contributed by atoms with van der Waals surface area (Å²) in [6, 6.07) is 7.74. The maximum absolute atomic E-state index is 13.3. The first-order chi connectivity index (χ1) is 8.56. The molecule has 1 heterocycles. The Labute approximate surface area is 112 Å². The number of hydrogen-bond acceptors (Lipinski definition) is 2. The molecule has 2 aromatic rings. The van der Waals surface area contributed by atoms with Gasteiger partial charge in [0.05, 0.1) is 4.47 Å². The molecule has 1 aromatic heterocycles. The summed E-state index contributed by atoms with van der Waals surface area (Å²) in [6.45, 7) is 1.91. The quantitative estimate of drug-likeness (QED) is 0.922. The average Bonchev–Trinajstić information content (AvgIpc) is 2.35. The topological polar surface area (TPSA) is 42.0 Å². The molecule has 0 aliphatic heterocycles. The second kappa shape index (κ2) is 5.27. The summed E-state index contributed by atoms with van der Waals surface area (Å²) in [6.07, 6.45) is 1.65. The maximum atomic E-state index is 13.3. The molecule has 92 valence electrons. The molecule has 0 spiro atoms. The number of pyridine rings is 1. The predicted molar refractivity (Wildman–Crippen MR) is 71.0 cm³/mol. The summed E-state index contributed by atoms with van der Waals surface area (Å²) in [5.41, 5.74) is 1.25. The van der Waals surface area contributed by atoms with E-state index in [2.05, 4.69) is 26.2 Å². The van der Waals surface area contributed by atoms with Crippen LogP contribution in [0.2, 0.25) is 0 Å². The molecule has 1 aromatic carbocycles. The molecule has 0 bridgehead atoms. The molecule has 0 radical (unpaired) electrons. The lowest BCUT2D eigenvalue weighted by Gasteiger charge is -2.05. The number of carbonyl (C=O) groups is 1. The van der Waals surface area contributed by atoms with Crippen molar-refractivity contribution in [1.82, 2.24) is 4.98 Å². The van der Waals surface area contributed by atoms with Gasteiger partial charge in [0.25, 0.3) is 5.91 Å². The number of halogens is 2. The van der Waals surface area contributed by atoms with Crippen molar-refractivity contribution in [2.45, 2.75) is 6.92 Å². The number of nitrogens with zero attached hydrogens (tertiary/aromatic N) is 1. The molecule has 0 fully saturated rings. The highest BCUT2D eigenvalue weighted by Crippen LogP contribution is 2.17. The number of aryl methyl sites for hydroxylation is 1. The van der Waals surface area contributed by atoms with Crippen LogP contribution in [0.3, 0.4) is 0 Å². The van der Waals surface area contributed by atoms with Gasteiger partial charge in [0.1, 0.15) is 11.6 Å². The third kappa shape index (κ3) is 2.92. The van der Waals surface area contributed by atoms with Crippen molar-refractivity contribution in [2.75, 3.05) is 5.32 Å². The van der Waals surface area contributed by atoms with E-state index in [0.717, 1.165) is 5.56 Å². The molecule has 3 nitrogen and oxygen atoms in total. The average molecular weight is 309 g/mol. The Morgan fingerprint density at radius 3 is 2.72 bits per heavy atom. The third-order valence-electron chi connectivity index (χ3n) is 2.33. The summed E-state index contributed by atoms with van der Waals surface area (Å²) < 4.78 is 13.6. The van der Waals surface area contributed by atoms with Gasteiger partial charge in [-0.15, -0.1) is 0 Å². The number of rotatable bonds is 2. The summed E-state index contributed by atoms with van der Waals surface area (Å²) in [4.78, 5) is 15.9. The van der Waals surface area contributed by atoms with Gasteiger partial charge < -0.3 is 5.32 Å². The lowest BCUT2D eigenvalue weighted by Crippen LogP contribution is -2.13. The van der Waals surface area contributed by atoms with E-state index in [1.807, 2.05) is 13.0 Å². The summed E-state index contributed by atoms with van der Waals surface area (Å²) in [7, 11) is 0. The molecule has 18 heavy (non-hydrogen) atoms. The summed E-state index contributed by atoms with van der Waals surface area (Å²) in [5, 5.41) is 2.60. The van der Waals surface area contributed by atoms with Crippen molar-refractivity contribution in [3.63, 3.8) is 0 Å². The van der Waals surface area contributed by atoms with Gasteiger partial charge in [0.15, 0.2) is 0 Å². The number of nitrogens with one attached hydrogen (secondary N) is 1. The SMILES string of the molecule is Cc1ccc(NC(=O)c2ccc(Br)c(F)c2)nc1. The van der Waals surface area contributed by atoms with Gasteiger partial charge in [0.2, 0.25) is 0 Å². The molecule has 0 saturated carbocycles. The third-order valence-corrected chi connectivity index (χ3v) is 2.98. The van der Waals surface area contributed by atoms with E-state index in [1.165, 1.54) is 18.2 Å². The molecule has 0 aliphatic carbocycles. The van der Waals surface area contributed by atoms with Gasteiger partial charge in [-0.1, -0.05) is 6.07 Å². The first-order valence-corrected chi connectivity index (χ1v) is 6.04. The second-order valence-electron chi connectivity index (χ2n) is 3.80. The van der Waals surface area contributed by atoms with Crippen LogP contribution in [0.5, 0.6) is 0 Å². The molecule has 0 unspecified atom stereocenters. The maximum Gasteiger partial charge on any atom is 0.256 e. The van der Waals surface area contributed by atoms with Crippen LogP contribution in [-0.4, -0.2) is 10.9 Å². The highest BCUT2D eigenvalue weighted by Gasteiger charge is 2.09. The van der Waals surface area contributed by atoms with Gasteiger partial charge in [0, 0.05) is 11.8 Å². The Bertz CT molecular complexity index is 584. The molecule has 0 atom stereocenters. The first-order valence-electron chi connectivity index (χ1n) is 5.25. The highest BCUT2D eigenvalue weighted by molar-refractivity contribution is 9.10. The van der Waals surface area contributed by atoms with E-state index >= 15 is 0 Å². The Kier molecular flexibility index (Phi) is 3.72. The molecule has 0 saturated heterocycles. The van der Waals surface area contributed by atoms with Crippen molar-refractivity contribution in [2.24, 2.45) is 0 Å². The van der Waals surface area contributed by atoms with Crippen LogP contribution in [-0.2, 0) is 0 Å². The molecular formula is C13H10BrFN2O. The van der Waals surface area contributed by atoms with E-state index in [1.54, 1.807) is 12.3 Å². The van der Waals surface area contributed by atoms with Crippen LogP contribution >= 0.6 is 15.9 Å². The monoisotopic (exact) mass is 308 g/mol. The zero-order valence-electron chi connectivity index (χ0n) is 9.58. The zero-order chi connectivity index (χ0) is 13.1. The zero-order valence-corrected chi connectivity index (χ0v) is 11.2. The second-order valence-corrected chi connectivity index (χ2v) is 4.66. The van der Waals surface area contributed by atoms with Crippen LogP contribution in [0.25, 0.3) is 0 Å². The number of carbonyl (C=O) groups excluding carboxylic acids is 1. The van der Waals surface area contributed by atoms with Gasteiger partial charge in [-0.3, -0.25) is 4.79 Å². The molecule has 2 rings (SSSR count). The van der Waals surface area contributed by atoms with Gasteiger partial charge in [-0.05, 0) is 52.7 Å². The van der Waals surface area contributed by atoms with Crippen LogP contribution in [0.4, 0.5) is 10.2 Å². The van der Waals surface area contributed by atoms with Gasteiger partial charge >= 0.3 is 0 Å². The Morgan fingerprint density at radius 1 is 1.33 bits per heavy atom. The van der Waals surface area contributed by atoms with Gasteiger partial charge in [-0.2, -0.15) is 0 Å². The van der Waals surface area contributed by atoms with Crippen molar-refractivity contribution in [1.29, 1.82) is 0 Å². The minimum atomic E-state index is -0.473. The van der Waals surface area contributed by atoms with Crippen LogP contribution < -0.4 is 5.32 Å². The van der Waals surface area contributed by atoms with E-state index in [0.29, 0.717) is 10.3 Å². The standard InChI is InChI=1S/C13H10BrFN2O/c1-8-2-5-12(16-7-8)17-13(18)9-3-4-10(14)11(15)6-9/h2-7H,1H3,(H,16,17,18). The van der Waals surface area contributed by atoms with E-state index in [4.69, 9.17) is 0 Å². The number of hydrogen-bond donors (Lipinski definition) is 1. The minimum Gasteiger partial charge on any atom is -0.307 e. The number of aromatic nitrogens is 1. The highest BCUT2D eigenvalue weighted by atomic mass is 79.9. The van der Waals surface area contributed by atoms with Crippen molar-refractivity contribution in [3.05, 3.63) is 57.9 Å². The van der Waals surface area contributed by atoms with Crippen molar-refractivity contribution >= 4 is 27.7 Å². The fourth-order valence-corrected chi connectivity index (χ4v) is 1.61. The molecule has 1 amide bonds. The van der Waals surface area contributed by atoms with Gasteiger partial charge in [-0.25, -0.2) is 9.37 Å². The van der Waals surface area contributed by atoms with Crippen LogP contribution in [0, 0.1) is 12.7 Å². The Balaban J connectivity index is 2.16. The van der Waals surface area contributed by atoms with Crippen LogP contribution in [0.15, 0.2) is 41.0 Å². The number of amides is 1. The largest absolute Gasteiger partial charge is 0.307 e. The fourth-order valence-electron chi connectivity index (χ4n) is 1.37. The number of benzene rings is 1. The summed E-state index contributed by atoms with van der Waals surface area (Å²) in [5.74, 6) is -0.425. The Morgan fingerprint density at radius 2 is 2.11 bits per heavy atom. The normalized spacial score (nSPS) is 10.2.